The first-order chi connectivity index (χ1) is 11.1. The van der Waals surface area contributed by atoms with Gasteiger partial charge in [-0.3, -0.25) is 14.0 Å². The fraction of sp³-hybridized carbons (Fsp3) is 1.00. The van der Waals surface area contributed by atoms with Crippen molar-refractivity contribution in [1.82, 2.24) is 4.90 Å². The van der Waals surface area contributed by atoms with Gasteiger partial charge in [-0.05, 0) is 0 Å². The van der Waals surface area contributed by atoms with Gasteiger partial charge in [0, 0.05) is 13.1 Å². The van der Waals surface area contributed by atoms with Gasteiger partial charge in [0.1, 0.15) is 24.6 Å². The second kappa shape index (κ2) is 10.3. The maximum Gasteiger partial charge on any atom is 0.469 e. The number of aliphatic hydroxyl groups excluding tert-OH is 5. The maximum atomic E-state index is 11.0. The summed E-state index contributed by atoms with van der Waals surface area (Å²) in [5.41, 5.74) is 0. The molecule has 0 aromatic heterocycles. The summed E-state index contributed by atoms with van der Waals surface area (Å²) >= 11 is 0. The highest BCUT2D eigenvalue weighted by molar-refractivity contribution is 7.51. The number of rotatable bonds is 12. The SMILES string of the molecule is O=P(O)(O)CN(CC(O)O)C[C@@H](O)[C@@H](O)[C@H](O)[C@H](O)COP(=O)(O)O. The number of nitrogens with zero attached hydrogens (tertiary/aromatic N) is 1. The maximum absolute atomic E-state index is 11.0. The molecule has 0 radical (unpaired) electrons. The lowest BCUT2D eigenvalue weighted by Gasteiger charge is -2.31. The summed E-state index contributed by atoms with van der Waals surface area (Å²) in [5, 5.41) is 56.3. The molecule has 0 spiro atoms. The van der Waals surface area contributed by atoms with Gasteiger partial charge in [0.15, 0.2) is 6.29 Å². The molecule has 0 saturated carbocycles. The van der Waals surface area contributed by atoms with Crippen LogP contribution in [-0.4, -0.2) is 112 Å². The van der Waals surface area contributed by atoms with E-state index in [0.29, 0.717) is 4.90 Å². The third-order valence-electron chi connectivity index (χ3n) is 2.80. The number of phosphoric acid groups is 1. The molecule has 0 aliphatic heterocycles. The molecule has 0 aliphatic rings. The summed E-state index contributed by atoms with van der Waals surface area (Å²) in [5.74, 6) is 0. The Labute approximate surface area is 141 Å². The number of phosphoric ester groups is 1. The molecule has 0 aromatic rings. The predicted octanol–water partition coefficient (Wildman–Crippen LogP) is -4.71. The Morgan fingerprint density at radius 1 is 0.800 bits per heavy atom. The van der Waals surface area contributed by atoms with Crippen LogP contribution in [0, 0.1) is 0 Å². The van der Waals surface area contributed by atoms with Crippen molar-refractivity contribution < 1.29 is 63.9 Å². The molecule has 16 heteroatoms. The quantitative estimate of drug-likeness (QED) is 0.106. The molecule has 152 valence electrons. The Morgan fingerprint density at radius 2 is 1.28 bits per heavy atom. The van der Waals surface area contributed by atoms with Crippen molar-refractivity contribution in [2.45, 2.75) is 30.7 Å². The summed E-state index contributed by atoms with van der Waals surface area (Å²) in [6, 6.07) is 0. The van der Waals surface area contributed by atoms with Crippen molar-refractivity contribution in [3.8, 4) is 0 Å². The average molecular weight is 415 g/mol. The summed E-state index contributed by atoms with van der Waals surface area (Å²) in [4.78, 5) is 35.4. The van der Waals surface area contributed by atoms with Gasteiger partial charge in [0.2, 0.25) is 0 Å². The van der Waals surface area contributed by atoms with Crippen molar-refractivity contribution in [3.05, 3.63) is 0 Å². The van der Waals surface area contributed by atoms with E-state index in [1.165, 1.54) is 0 Å². The van der Waals surface area contributed by atoms with E-state index in [2.05, 4.69) is 4.52 Å². The first-order valence-electron chi connectivity index (χ1n) is 6.68. The van der Waals surface area contributed by atoms with E-state index < -0.39 is 72.1 Å². The van der Waals surface area contributed by atoms with Crippen molar-refractivity contribution in [2.75, 3.05) is 26.0 Å². The Balaban J connectivity index is 4.78. The van der Waals surface area contributed by atoms with Crippen molar-refractivity contribution in [1.29, 1.82) is 0 Å². The van der Waals surface area contributed by atoms with E-state index in [9.17, 15) is 29.6 Å². The fourth-order valence-corrected chi connectivity index (χ4v) is 2.88. The lowest BCUT2D eigenvalue weighted by atomic mass is 10.0. The third kappa shape index (κ3) is 12.1. The zero-order chi connectivity index (χ0) is 20.0. The van der Waals surface area contributed by atoms with Crippen LogP contribution in [0.1, 0.15) is 0 Å². The molecular formula is C9H23NO13P2. The highest BCUT2D eigenvalue weighted by Gasteiger charge is 2.34. The third-order valence-corrected chi connectivity index (χ3v) is 4.06. The van der Waals surface area contributed by atoms with Crippen LogP contribution in [0.3, 0.4) is 0 Å². The van der Waals surface area contributed by atoms with Crippen LogP contribution in [0.15, 0.2) is 0 Å². The highest BCUT2D eigenvalue weighted by atomic mass is 31.2. The number of aliphatic hydroxyl groups is 6. The Hall–Kier alpha value is -0.0200. The minimum Gasteiger partial charge on any atom is -0.389 e. The Kier molecular flexibility index (Phi) is 10.3. The molecular weight excluding hydrogens is 392 g/mol. The molecule has 0 aromatic carbocycles. The van der Waals surface area contributed by atoms with Crippen molar-refractivity contribution in [3.63, 3.8) is 0 Å². The van der Waals surface area contributed by atoms with Gasteiger partial charge < -0.3 is 50.2 Å². The molecule has 4 atom stereocenters. The molecule has 0 bridgehead atoms. The second-order valence-corrected chi connectivity index (χ2v) is 8.08. The highest BCUT2D eigenvalue weighted by Crippen LogP contribution is 2.36. The topological polar surface area (TPSA) is 249 Å². The fourth-order valence-electron chi connectivity index (χ4n) is 1.78. The first-order valence-corrected chi connectivity index (χ1v) is 10.0. The largest absolute Gasteiger partial charge is 0.469 e. The van der Waals surface area contributed by atoms with Gasteiger partial charge in [-0.15, -0.1) is 0 Å². The molecule has 0 amide bonds. The van der Waals surface area contributed by atoms with E-state index in [0.717, 1.165) is 0 Å². The number of hydrogen-bond acceptors (Lipinski definition) is 10. The van der Waals surface area contributed by atoms with Gasteiger partial charge >= 0.3 is 15.4 Å². The number of hydrogen-bond donors (Lipinski definition) is 10. The summed E-state index contributed by atoms with van der Waals surface area (Å²) in [6.45, 7) is -2.50. The molecule has 14 nitrogen and oxygen atoms in total. The molecule has 0 aliphatic carbocycles. The van der Waals surface area contributed by atoms with Crippen LogP contribution in [0.4, 0.5) is 0 Å². The minimum absolute atomic E-state index is 0.699. The normalized spacial score (nSPS) is 18.4. The van der Waals surface area contributed by atoms with Crippen LogP contribution in [-0.2, 0) is 13.7 Å². The van der Waals surface area contributed by atoms with Gasteiger partial charge in [-0.1, -0.05) is 0 Å². The van der Waals surface area contributed by atoms with Crippen LogP contribution in [0.5, 0.6) is 0 Å². The summed E-state index contributed by atoms with van der Waals surface area (Å²) in [7, 11) is -9.59. The lowest BCUT2D eigenvalue weighted by molar-refractivity contribution is -0.122. The smallest absolute Gasteiger partial charge is 0.389 e. The van der Waals surface area contributed by atoms with Gasteiger partial charge in [0.05, 0.1) is 12.7 Å². The molecule has 10 N–H and O–H groups in total. The van der Waals surface area contributed by atoms with Crippen molar-refractivity contribution >= 4 is 15.4 Å². The minimum atomic E-state index is -4.94. The van der Waals surface area contributed by atoms with Crippen LogP contribution in [0.25, 0.3) is 0 Å². The van der Waals surface area contributed by atoms with E-state index in [4.69, 9.17) is 29.8 Å². The summed E-state index contributed by atoms with van der Waals surface area (Å²) < 4.78 is 25.4. The van der Waals surface area contributed by atoms with E-state index in [1.807, 2.05) is 0 Å². The van der Waals surface area contributed by atoms with Crippen LogP contribution < -0.4 is 0 Å². The van der Waals surface area contributed by atoms with Crippen LogP contribution >= 0.6 is 15.4 Å². The average Bonchev–Trinajstić information content (AvgIpc) is 2.39. The zero-order valence-corrected chi connectivity index (χ0v) is 14.5. The molecule has 0 rings (SSSR count). The molecule has 25 heavy (non-hydrogen) atoms. The Morgan fingerprint density at radius 3 is 1.68 bits per heavy atom. The zero-order valence-electron chi connectivity index (χ0n) is 12.8. The van der Waals surface area contributed by atoms with Crippen LogP contribution in [0.2, 0.25) is 0 Å². The predicted molar refractivity (Wildman–Crippen MR) is 78.7 cm³/mol. The lowest BCUT2D eigenvalue weighted by Crippen LogP contribution is -2.50. The molecule has 0 saturated heterocycles. The molecule has 0 heterocycles. The second-order valence-electron chi connectivity index (χ2n) is 5.22. The molecule has 0 unspecified atom stereocenters. The van der Waals surface area contributed by atoms with Gasteiger partial charge in [-0.25, -0.2) is 4.57 Å². The van der Waals surface area contributed by atoms with Gasteiger partial charge in [-0.2, -0.15) is 0 Å². The van der Waals surface area contributed by atoms with E-state index in [1.54, 1.807) is 0 Å². The first kappa shape index (κ1) is 25.0. The van der Waals surface area contributed by atoms with Crippen molar-refractivity contribution in [2.24, 2.45) is 0 Å². The monoisotopic (exact) mass is 415 g/mol. The molecule has 0 fully saturated rings. The van der Waals surface area contributed by atoms with E-state index >= 15 is 0 Å². The van der Waals surface area contributed by atoms with E-state index in [-0.39, 0.29) is 0 Å². The summed E-state index contributed by atoms with van der Waals surface area (Å²) in [6.07, 6.45) is -11.2. The standard InChI is InChI=1S/C9H23NO13P2/c11-5(1-10(2-7(13)14)4-24(17,18)19)8(15)9(16)6(12)3-23-25(20,21)22/h5-9,11-16H,1-4H2,(H2,17,18,19)(H2,20,21,22)/t5-,6-,8-,9-/m1/s1. The Bertz CT molecular complexity index is 478. The van der Waals surface area contributed by atoms with Gasteiger partial charge in [0.25, 0.3) is 0 Å².